The van der Waals surface area contributed by atoms with E-state index in [0.717, 1.165) is 66.1 Å². The van der Waals surface area contributed by atoms with Crippen LogP contribution in [0.3, 0.4) is 0 Å². The number of benzene rings is 10. The van der Waals surface area contributed by atoms with E-state index in [1.165, 1.54) is 35.8 Å². The number of hydrogen-bond acceptors (Lipinski definition) is 6. The van der Waals surface area contributed by atoms with Gasteiger partial charge in [-0.05, 0) is 137 Å². The van der Waals surface area contributed by atoms with Gasteiger partial charge in [0, 0.05) is 11.1 Å². The summed E-state index contributed by atoms with van der Waals surface area (Å²) in [6.07, 6.45) is 0. The molecule has 10 aromatic carbocycles. The van der Waals surface area contributed by atoms with Gasteiger partial charge in [-0.2, -0.15) is 0 Å². The normalized spacial score (nSPS) is 11.2. The van der Waals surface area contributed by atoms with Gasteiger partial charge in [-0.15, -0.1) is 0 Å². The molecule has 6 nitrogen and oxygen atoms in total. The van der Waals surface area contributed by atoms with Crippen molar-refractivity contribution >= 4 is 55.0 Å². The van der Waals surface area contributed by atoms with Gasteiger partial charge < -0.3 is 18.9 Å². The molecule has 0 spiro atoms. The Hall–Kier alpha value is -8.22. The molecule has 10 rings (SSSR count). The molecule has 0 aliphatic carbocycles. The number of carbonyl (C=O) groups excluding carboxylic acids is 2. The summed E-state index contributed by atoms with van der Waals surface area (Å²) in [5.41, 5.74) is 8.72. The van der Waals surface area contributed by atoms with Crippen molar-refractivity contribution < 1.29 is 28.5 Å². The van der Waals surface area contributed by atoms with E-state index in [2.05, 4.69) is 133 Å². The van der Waals surface area contributed by atoms with E-state index < -0.39 is 11.9 Å². The molecule has 10 aromatic rings. The minimum absolute atomic E-state index is 0.200. The number of rotatable bonds is 11. The predicted octanol–water partition coefficient (Wildman–Crippen LogP) is 14.0. The lowest BCUT2D eigenvalue weighted by atomic mass is 9.89. The quantitative estimate of drug-likeness (QED) is 0.121. The number of carbonyl (C=O) groups is 2. The maximum absolute atomic E-state index is 12.5. The molecular formula is C58H42O6. The minimum atomic E-state index is -0.409. The first-order valence-corrected chi connectivity index (χ1v) is 21.1. The molecule has 0 aliphatic heterocycles. The maximum Gasteiger partial charge on any atom is 0.337 e. The number of hydrogen-bond donors (Lipinski definition) is 0. The molecule has 0 saturated heterocycles. The molecule has 0 saturated carbocycles. The van der Waals surface area contributed by atoms with E-state index in [9.17, 15) is 9.59 Å². The molecular weight excluding hydrogens is 793 g/mol. The lowest BCUT2D eigenvalue weighted by molar-refractivity contribution is 0.0591. The fourth-order valence-corrected chi connectivity index (χ4v) is 8.61. The lowest BCUT2D eigenvalue weighted by Crippen LogP contribution is -2.04. The molecule has 0 bridgehead atoms. The number of esters is 2. The largest absolute Gasteiger partial charge is 0.488 e. The van der Waals surface area contributed by atoms with Gasteiger partial charge in [0.1, 0.15) is 24.7 Å². The zero-order valence-electron chi connectivity index (χ0n) is 35.3. The van der Waals surface area contributed by atoms with Crippen LogP contribution in [0.2, 0.25) is 0 Å². The molecule has 64 heavy (non-hydrogen) atoms. The summed E-state index contributed by atoms with van der Waals surface area (Å²) < 4.78 is 23.7. The van der Waals surface area contributed by atoms with Gasteiger partial charge in [0.2, 0.25) is 0 Å². The highest BCUT2D eigenvalue weighted by molar-refractivity contribution is 6.11. The third-order valence-electron chi connectivity index (χ3n) is 11.9. The molecule has 0 aliphatic rings. The van der Waals surface area contributed by atoms with Crippen molar-refractivity contribution in [1.82, 2.24) is 0 Å². The number of methoxy groups -OCH3 is 2. The Morgan fingerprint density at radius 3 is 1.16 bits per heavy atom. The highest BCUT2D eigenvalue weighted by Crippen LogP contribution is 2.47. The average Bonchev–Trinajstić information content (AvgIpc) is 3.36. The highest BCUT2D eigenvalue weighted by Gasteiger charge is 2.21. The van der Waals surface area contributed by atoms with Gasteiger partial charge in [0.25, 0.3) is 0 Å². The average molecular weight is 835 g/mol. The number of ether oxygens (including phenoxy) is 4. The van der Waals surface area contributed by atoms with E-state index in [0.29, 0.717) is 22.6 Å². The second-order valence-electron chi connectivity index (χ2n) is 15.8. The Morgan fingerprint density at radius 2 is 0.734 bits per heavy atom. The molecule has 310 valence electrons. The van der Waals surface area contributed by atoms with Crippen LogP contribution in [-0.4, -0.2) is 26.2 Å². The summed E-state index contributed by atoms with van der Waals surface area (Å²) in [6.45, 7) is 0.401. The van der Waals surface area contributed by atoms with Crippen molar-refractivity contribution in [2.45, 2.75) is 13.2 Å². The Balaban J connectivity index is 1.15. The smallest absolute Gasteiger partial charge is 0.337 e. The summed E-state index contributed by atoms with van der Waals surface area (Å²) in [7, 11) is 2.76. The first kappa shape index (κ1) is 39.9. The molecule has 0 radical (unpaired) electrons. The summed E-state index contributed by atoms with van der Waals surface area (Å²) in [5.74, 6) is 0.484. The topological polar surface area (TPSA) is 71.1 Å². The van der Waals surface area contributed by atoms with Gasteiger partial charge >= 0.3 is 11.9 Å². The molecule has 0 N–H and O–H groups in total. The summed E-state index contributed by atoms with van der Waals surface area (Å²) in [4.78, 5) is 25.0. The highest BCUT2D eigenvalue weighted by atomic mass is 16.5. The standard InChI is InChI=1S/C58H42O6/c1-61-57(59)49-15-7-9-37(29-49)35-63-53-27-23-47-33-45(43-19-17-39-11-3-5-13-41(39)31-43)21-25-51(47)55(53)56-52-26-22-46(44-20-18-40-12-4-6-14-42(40)32-44)34-48(52)24-28-54(56)64-36-38-10-8-16-50(30-38)58(60)62-2/h3-34H,35-36H2,1-2H3. The maximum atomic E-state index is 12.5. The summed E-state index contributed by atoms with van der Waals surface area (Å²) >= 11 is 0. The fourth-order valence-electron chi connectivity index (χ4n) is 8.61. The van der Waals surface area contributed by atoms with Crippen molar-refractivity contribution in [3.05, 3.63) is 216 Å². The third-order valence-corrected chi connectivity index (χ3v) is 11.9. The van der Waals surface area contributed by atoms with Gasteiger partial charge in [0.15, 0.2) is 0 Å². The van der Waals surface area contributed by atoms with E-state index in [-0.39, 0.29) is 13.2 Å². The van der Waals surface area contributed by atoms with Crippen molar-refractivity contribution in [3.63, 3.8) is 0 Å². The van der Waals surface area contributed by atoms with Gasteiger partial charge in [-0.3, -0.25) is 0 Å². The van der Waals surface area contributed by atoms with Crippen LogP contribution in [0.4, 0.5) is 0 Å². The summed E-state index contributed by atoms with van der Waals surface area (Å²) in [6, 6.07) is 65.9. The number of fused-ring (bicyclic) bond motifs is 4. The van der Waals surface area contributed by atoms with Gasteiger partial charge in [-0.25, -0.2) is 9.59 Å². The van der Waals surface area contributed by atoms with E-state index in [1.807, 2.05) is 36.4 Å². The Kier molecular flexibility index (Phi) is 10.8. The Bertz CT molecular complexity index is 3190. The van der Waals surface area contributed by atoms with Crippen LogP contribution in [-0.2, 0) is 22.7 Å². The van der Waals surface area contributed by atoms with Crippen LogP contribution in [0.25, 0.3) is 76.5 Å². The SMILES string of the molecule is COC(=O)c1cccc(COc2ccc3cc(-c4ccc5ccccc5c4)ccc3c2-c2c(OCc3cccc(C(=O)OC)c3)ccc3cc(-c4ccc5ccccc5c4)ccc23)c1. The summed E-state index contributed by atoms with van der Waals surface area (Å²) in [5, 5.41) is 8.76. The predicted molar refractivity (Wildman–Crippen MR) is 257 cm³/mol. The fraction of sp³-hybridized carbons (Fsp3) is 0.0690. The van der Waals surface area contributed by atoms with Crippen LogP contribution in [0, 0.1) is 0 Å². The van der Waals surface area contributed by atoms with E-state index in [4.69, 9.17) is 18.9 Å². The van der Waals surface area contributed by atoms with Crippen molar-refractivity contribution in [3.8, 4) is 44.9 Å². The van der Waals surface area contributed by atoms with Crippen molar-refractivity contribution in [2.24, 2.45) is 0 Å². The molecule has 0 atom stereocenters. The lowest BCUT2D eigenvalue weighted by Gasteiger charge is -2.21. The van der Waals surface area contributed by atoms with Crippen LogP contribution >= 0.6 is 0 Å². The molecule has 6 heteroatoms. The molecule has 0 unspecified atom stereocenters. The van der Waals surface area contributed by atoms with Crippen molar-refractivity contribution in [2.75, 3.05) is 14.2 Å². The van der Waals surface area contributed by atoms with Gasteiger partial charge in [0.05, 0.1) is 25.3 Å². The Morgan fingerprint density at radius 1 is 0.359 bits per heavy atom. The third kappa shape index (κ3) is 7.89. The molecule has 0 aromatic heterocycles. The van der Waals surface area contributed by atoms with Crippen LogP contribution in [0.15, 0.2) is 194 Å². The van der Waals surface area contributed by atoms with Crippen molar-refractivity contribution in [1.29, 1.82) is 0 Å². The van der Waals surface area contributed by atoms with E-state index in [1.54, 1.807) is 24.3 Å². The molecule has 0 heterocycles. The van der Waals surface area contributed by atoms with Crippen LogP contribution < -0.4 is 9.47 Å². The second kappa shape index (κ2) is 17.3. The van der Waals surface area contributed by atoms with E-state index >= 15 is 0 Å². The zero-order chi connectivity index (χ0) is 43.6. The second-order valence-corrected chi connectivity index (χ2v) is 15.8. The van der Waals surface area contributed by atoms with Crippen LogP contribution in [0.1, 0.15) is 31.8 Å². The molecule has 0 fully saturated rings. The first-order chi connectivity index (χ1) is 31.4. The molecule has 0 amide bonds. The monoisotopic (exact) mass is 834 g/mol. The van der Waals surface area contributed by atoms with Crippen LogP contribution in [0.5, 0.6) is 11.5 Å². The minimum Gasteiger partial charge on any atom is -0.488 e. The zero-order valence-corrected chi connectivity index (χ0v) is 35.3. The first-order valence-electron chi connectivity index (χ1n) is 21.1. The van der Waals surface area contributed by atoms with Gasteiger partial charge in [-0.1, -0.05) is 133 Å². The Labute approximate surface area is 370 Å².